The molecule has 0 bridgehead atoms. The highest BCUT2D eigenvalue weighted by Crippen LogP contribution is 2.14. The van der Waals surface area contributed by atoms with Crippen LogP contribution < -0.4 is 0 Å². The second kappa shape index (κ2) is 5.14. The van der Waals surface area contributed by atoms with Crippen molar-refractivity contribution in [3.05, 3.63) is 0 Å². The summed E-state index contributed by atoms with van der Waals surface area (Å²) < 4.78 is 77.5. The largest absolute Gasteiger partial charge is 0.559 e. The van der Waals surface area contributed by atoms with Crippen LogP contribution in [0.25, 0.3) is 0 Å². The Morgan fingerprint density at radius 3 is 0.455 bits per heavy atom. The third-order valence-electron chi connectivity index (χ3n) is 0. The van der Waals surface area contributed by atoms with E-state index in [9.17, 15) is 35.1 Å². The molecule has 0 aliphatic carbocycles. The lowest BCUT2D eigenvalue weighted by atomic mass is 11.5. The summed E-state index contributed by atoms with van der Waals surface area (Å²) in [5.74, 6) is 0. The molecule has 0 aromatic heterocycles. The van der Waals surface area contributed by atoms with Crippen LogP contribution in [0, 0.1) is 0 Å². The molecule has 0 aromatic carbocycles. The van der Waals surface area contributed by atoms with Gasteiger partial charge >= 0.3 is 12.9 Å². The van der Waals surface area contributed by atoms with E-state index in [1.165, 1.54) is 0 Å². The van der Waals surface area contributed by atoms with E-state index in [4.69, 9.17) is 0 Å². The Kier molecular flexibility index (Phi) is 7.85. The van der Waals surface area contributed by atoms with Gasteiger partial charge in [0.05, 0.1) is 0 Å². The molecule has 0 heterocycles. The van der Waals surface area contributed by atoms with Crippen molar-refractivity contribution in [3.8, 4) is 0 Å². The number of hydrogen-bond acceptors (Lipinski definition) is 0. The SMILES string of the molecule is C.FC(F)(F)F.FC(F)(F)F. The minimum absolute atomic E-state index is 0. The van der Waals surface area contributed by atoms with Gasteiger partial charge < -0.3 is 0 Å². The molecule has 0 aromatic rings. The van der Waals surface area contributed by atoms with Gasteiger partial charge in [-0.1, -0.05) is 7.43 Å². The van der Waals surface area contributed by atoms with E-state index in [1.807, 2.05) is 0 Å². The van der Waals surface area contributed by atoms with Crippen LogP contribution in [0.5, 0.6) is 0 Å². The Morgan fingerprint density at radius 2 is 0.455 bits per heavy atom. The van der Waals surface area contributed by atoms with Crippen molar-refractivity contribution < 1.29 is 35.1 Å². The van der Waals surface area contributed by atoms with Crippen molar-refractivity contribution in [2.75, 3.05) is 0 Å². The minimum atomic E-state index is -5.50. The van der Waals surface area contributed by atoms with E-state index in [-0.39, 0.29) is 7.43 Å². The van der Waals surface area contributed by atoms with E-state index in [0.29, 0.717) is 0 Å². The van der Waals surface area contributed by atoms with Crippen molar-refractivity contribution in [3.63, 3.8) is 0 Å². The summed E-state index contributed by atoms with van der Waals surface area (Å²) in [6, 6.07) is 0. The Bertz CT molecular complexity index is 52.3. The summed E-state index contributed by atoms with van der Waals surface area (Å²) in [4.78, 5) is 0. The van der Waals surface area contributed by atoms with E-state index in [2.05, 4.69) is 0 Å². The molecule has 0 amide bonds. The van der Waals surface area contributed by atoms with E-state index < -0.39 is 12.9 Å². The van der Waals surface area contributed by atoms with Crippen molar-refractivity contribution in [2.45, 2.75) is 20.3 Å². The summed E-state index contributed by atoms with van der Waals surface area (Å²) in [6.45, 7) is 0. The Labute approximate surface area is 56.8 Å². The third kappa shape index (κ3) is 1670. The molecule has 0 saturated heterocycles. The van der Waals surface area contributed by atoms with E-state index in [1.54, 1.807) is 0 Å². The van der Waals surface area contributed by atoms with Gasteiger partial charge in [0, 0.05) is 0 Å². The summed E-state index contributed by atoms with van der Waals surface area (Å²) in [6.07, 6.45) is -11.0. The molecule has 0 saturated carbocycles. The molecule has 0 unspecified atom stereocenters. The first-order chi connectivity index (χ1) is 4.00. The molecule has 0 fully saturated rings. The van der Waals surface area contributed by atoms with Crippen LogP contribution in [0.3, 0.4) is 0 Å². The predicted octanol–water partition coefficient (Wildman–Crippen LogP) is 3.59. The quantitative estimate of drug-likeness (QED) is 0.514. The molecule has 0 rings (SSSR count). The Balaban J connectivity index is -0.000000107. The van der Waals surface area contributed by atoms with Crippen molar-refractivity contribution in [2.24, 2.45) is 0 Å². The van der Waals surface area contributed by atoms with Gasteiger partial charge in [0.15, 0.2) is 0 Å². The fraction of sp³-hybridized carbons (Fsp3) is 1.00. The first kappa shape index (κ1) is 16.8. The van der Waals surface area contributed by atoms with Crippen molar-refractivity contribution in [1.29, 1.82) is 0 Å². The van der Waals surface area contributed by atoms with Gasteiger partial charge in [0.1, 0.15) is 0 Å². The normalized spacial score (nSPS) is 10.9. The summed E-state index contributed by atoms with van der Waals surface area (Å²) in [7, 11) is 0. The Morgan fingerprint density at radius 1 is 0.455 bits per heavy atom. The Hall–Kier alpha value is -0.560. The van der Waals surface area contributed by atoms with Crippen molar-refractivity contribution in [1.82, 2.24) is 0 Å². The number of alkyl halides is 8. The topological polar surface area (TPSA) is 0 Å². The van der Waals surface area contributed by atoms with E-state index >= 15 is 0 Å². The van der Waals surface area contributed by atoms with Crippen LogP contribution in [-0.2, 0) is 0 Å². The van der Waals surface area contributed by atoms with Crippen LogP contribution >= 0.6 is 0 Å². The average molecular weight is 192 g/mol. The predicted molar refractivity (Wildman–Crippen MR) is 21.1 cm³/mol. The molecule has 72 valence electrons. The maximum absolute atomic E-state index is 9.69. The van der Waals surface area contributed by atoms with Gasteiger partial charge in [-0.15, -0.1) is 35.1 Å². The second-order valence-electron chi connectivity index (χ2n) is 0.857. The van der Waals surface area contributed by atoms with Gasteiger partial charge in [-0.2, -0.15) is 0 Å². The average Bonchev–Trinajstić information content (AvgIpc) is 1.12. The zero-order valence-electron chi connectivity index (χ0n) is 4.02. The summed E-state index contributed by atoms with van der Waals surface area (Å²) in [5.41, 5.74) is 0. The van der Waals surface area contributed by atoms with Gasteiger partial charge in [-0.25, -0.2) is 0 Å². The van der Waals surface area contributed by atoms with Crippen LogP contribution in [0.1, 0.15) is 7.43 Å². The number of halogens is 8. The van der Waals surface area contributed by atoms with Gasteiger partial charge in [-0.05, 0) is 0 Å². The maximum atomic E-state index is 9.69. The van der Waals surface area contributed by atoms with Gasteiger partial charge in [-0.3, -0.25) is 0 Å². The highest BCUT2D eigenvalue weighted by Gasteiger charge is 2.25. The monoisotopic (exact) mass is 192 g/mol. The third-order valence-corrected chi connectivity index (χ3v) is 0. The van der Waals surface area contributed by atoms with E-state index in [0.717, 1.165) is 0 Å². The molecule has 0 aliphatic heterocycles. The highest BCUT2D eigenvalue weighted by molar-refractivity contribution is 4.08. The molecule has 8 heteroatoms. The highest BCUT2D eigenvalue weighted by atomic mass is 19.5. The smallest absolute Gasteiger partial charge is 0.140 e. The zero-order chi connectivity index (χ0) is 9.00. The number of hydrogen-bond donors (Lipinski definition) is 0. The fourth-order valence-corrected chi connectivity index (χ4v) is 0. The molecule has 0 spiro atoms. The molecule has 0 nitrogen and oxygen atoms in total. The van der Waals surface area contributed by atoms with Crippen LogP contribution in [0.2, 0.25) is 0 Å². The molecular formula is C3H4F8. The molecule has 11 heavy (non-hydrogen) atoms. The molecule has 0 radical (unpaired) electrons. The van der Waals surface area contributed by atoms with Crippen LogP contribution in [0.4, 0.5) is 35.1 Å². The molecular weight excluding hydrogens is 188 g/mol. The standard InChI is InChI=1S/2CF4.CH4/c2*2-1(3,4)5;/h;;1H4. The fourth-order valence-electron chi connectivity index (χ4n) is 0. The second-order valence-corrected chi connectivity index (χ2v) is 0.857. The lowest BCUT2D eigenvalue weighted by Crippen LogP contribution is -1.92. The first-order valence-electron chi connectivity index (χ1n) is 1.51. The lowest BCUT2D eigenvalue weighted by molar-refractivity contribution is -0.238. The number of rotatable bonds is 0. The lowest BCUT2D eigenvalue weighted by Gasteiger charge is -1.82. The first-order valence-corrected chi connectivity index (χ1v) is 1.51. The maximum Gasteiger partial charge on any atom is 0.559 e. The minimum Gasteiger partial charge on any atom is -0.140 e. The molecule has 0 N–H and O–H groups in total. The van der Waals surface area contributed by atoms with Gasteiger partial charge in [0.25, 0.3) is 0 Å². The van der Waals surface area contributed by atoms with Crippen LogP contribution in [0.15, 0.2) is 0 Å². The molecule has 0 atom stereocenters. The van der Waals surface area contributed by atoms with Gasteiger partial charge in [0.2, 0.25) is 0 Å². The summed E-state index contributed by atoms with van der Waals surface area (Å²) >= 11 is 0. The molecule has 0 aliphatic rings. The zero-order valence-corrected chi connectivity index (χ0v) is 4.02. The van der Waals surface area contributed by atoms with Crippen LogP contribution in [-0.4, -0.2) is 12.9 Å². The summed E-state index contributed by atoms with van der Waals surface area (Å²) in [5, 5.41) is 0. The van der Waals surface area contributed by atoms with Crippen molar-refractivity contribution >= 4 is 0 Å².